The number of rotatable bonds is 3. The first-order valence-electron chi connectivity index (χ1n) is 7.95. The molecular weight excluding hydrogens is 360 g/mol. The van der Waals surface area contributed by atoms with Gasteiger partial charge in [0.05, 0.1) is 28.4 Å². The van der Waals surface area contributed by atoms with Crippen molar-refractivity contribution in [2.75, 3.05) is 5.32 Å². The second-order valence-corrected chi connectivity index (χ2v) is 6.65. The molecule has 1 heterocycles. The van der Waals surface area contributed by atoms with Crippen molar-refractivity contribution in [1.29, 1.82) is 5.26 Å². The van der Waals surface area contributed by atoms with E-state index in [1.807, 2.05) is 18.2 Å². The minimum atomic E-state index is -0.418. The summed E-state index contributed by atoms with van der Waals surface area (Å²) in [6, 6.07) is 13.7. The molecule has 7 heteroatoms. The van der Waals surface area contributed by atoms with Crippen LogP contribution in [0.2, 0.25) is 0 Å². The third kappa shape index (κ3) is 3.95. The number of benzene rings is 2. The number of nitrogens with one attached hydrogen (secondary N) is 1. The van der Waals surface area contributed by atoms with Crippen molar-refractivity contribution in [1.82, 2.24) is 4.57 Å². The fourth-order valence-electron chi connectivity index (χ4n) is 2.52. The van der Waals surface area contributed by atoms with Crippen LogP contribution in [0.3, 0.4) is 0 Å². The normalized spacial score (nSPS) is 11.0. The Labute approximate surface area is 159 Å². The van der Waals surface area contributed by atoms with Gasteiger partial charge in [-0.15, -0.1) is 6.42 Å². The fraction of sp³-hybridized carbons (Fsp3) is 0.100. The smallest absolute Gasteiger partial charge is 0.279 e. The summed E-state index contributed by atoms with van der Waals surface area (Å²) in [7, 11) is 0. The molecular formula is C20H14N4O2S. The molecule has 6 nitrogen and oxygen atoms in total. The van der Waals surface area contributed by atoms with Crippen LogP contribution in [0.4, 0.5) is 5.69 Å². The van der Waals surface area contributed by atoms with Crippen LogP contribution in [0.25, 0.3) is 10.2 Å². The van der Waals surface area contributed by atoms with E-state index >= 15 is 0 Å². The van der Waals surface area contributed by atoms with Crippen molar-refractivity contribution in [2.45, 2.75) is 13.5 Å². The van der Waals surface area contributed by atoms with Gasteiger partial charge in [-0.05, 0) is 42.5 Å². The Kier molecular flexibility index (Phi) is 5.16. The third-order valence-electron chi connectivity index (χ3n) is 3.71. The number of aromatic nitrogens is 1. The van der Waals surface area contributed by atoms with E-state index in [2.05, 4.69) is 16.2 Å². The summed E-state index contributed by atoms with van der Waals surface area (Å²) in [6.07, 6.45) is 5.47. The molecule has 2 aromatic carbocycles. The minimum Gasteiger partial charge on any atom is -0.326 e. The van der Waals surface area contributed by atoms with Crippen LogP contribution >= 0.6 is 11.3 Å². The molecule has 0 bridgehead atoms. The van der Waals surface area contributed by atoms with Crippen molar-refractivity contribution in [3.8, 4) is 18.4 Å². The number of nitrogens with zero attached hydrogens (tertiary/aromatic N) is 3. The Morgan fingerprint density at radius 2 is 2.00 bits per heavy atom. The second kappa shape index (κ2) is 7.69. The number of carbonyl (C=O) groups is 2. The van der Waals surface area contributed by atoms with E-state index in [9.17, 15) is 9.59 Å². The van der Waals surface area contributed by atoms with Gasteiger partial charge in [0.2, 0.25) is 5.91 Å². The van der Waals surface area contributed by atoms with Crippen molar-refractivity contribution in [2.24, 2.45) is 4.99 Å². The highest BCUT2D eigenvalue weighted by Crippen LogP contribution is 2.22. The molecule has 0 fully saturated rings. The molecule has 0 radical (unpaired) electrons. The number of fused-ring (bicyclic) bond motifs is 1. The molecule has 27 heavy (non-hydrogen) atoms. The monoisotopic (exact) mass is 374 g/mol. The predicted octanol–water partition coefficient (Wildman–Crippen LogP) is 2.91. The number of thiazole rings is 1. The Morgan fingerprint density at radius 1 is 1.26 bits per heavy atom. The molecule has 0 atom stereocenters. The van der Waals surface area contributed by atoms with Crippen molar-refractivity contribution < 1.29 is 9.59 Å². The Hall–Kier alpha value is -3.68. The molecule has 1 aromatic heterocycles. The van der Waals surface area contributed by atoms with Crippen LogP contribution in [0.15, 0.2) is 47.5 Å². The first kappa shape index (κ1) is 18.1. The van der Waals surface area contributed by atoms with Crippen LogP contribution < -0.4 is 10.1 Å². The van der Waals surface area contributed by atoms with E-state index in [0.29, 0.717) is 21.6 Å². The summed E-state index contributed by atoms with van der Waals surface area (Å²) in [5.41, 5.74) is 2.35. The zero-order chi connectivity index (χ0) is 19.4. The highest BCUT2D eigenvalue weighted by molar-refractivity contribution is 7.16. The highest BCUT2D eigenvalue weighted by atomic mass is 32.1. The lowest BCUT2D eigenvalue weighted by atomic mass is 10.1. The van der Waals surface area contributed by atoms with E-state index in [1.165, 1.54) is 18.3 Å². The maximum absolute atomic E-state index is 12.5. The third-order valence-corrected chi connectivity index (χ3v) is 4.75. The maximum Gasteiger partial charge on any atom is 0.279 e. The molecule has 0 saturated heterocycles. The van der Waals surface area contributed by atoms with E-state index in [0.717, 1.165) is 10.2 Å². The number of hydrogen-bond acceptors (Lipinski definition) is 4. The summed E-state index contributed by atoms with van der Waals surface area (Å²) >= 11 is 1.31. The summed E-state index contributed by atoms with van der Waals surface area (Å²) < 4.78 is 2.63. The Morgan fingerprint density at radius 3 is 2.63 bits per heavy atom. The van der Waals surface area contributed by atoms with Crippen LogP contribution in [-0.4, -0.2) is 16.4 Å². The number of anilines is 1. The quantitative estimate of drug-likeness (QED) is 0.715. The van der Waals surface area contributed by atoms with E-state index in [4.69, 9.17) is 11.7 Å². The summed E-state index contributed by atoms with van der Waals surface area (Å²) in [6.45, 7) is 1.70. The van der Waals surface area contributed by atoms with Gasteiger partial charge in [-0.25, -0.2) is 0 Å². The molecule has 0 aliphatic rings. The average Bonchev–Trinajstić information content (AvgIpc) is 2.98. The highest BCUT2D eigenvalue weighted by Gasteiger charge is 2.10. The van der Waals surface area contributed by atoms with Crippen molar-refractivity contribution >= 4 is 39.1 Å². The number of carbonyl (C=O) groups excluding carboxylic acids is 2. The van der Waals surface area contributed by atoms with Crippen molar-refractivity contribution in [3.63, 3.8) is 0 Å². The summed E-state index contributed by atoms with van der Waals surface area (Å²) in [4.78, 5) is 28.4. The van der Waals surface area contributed by atoms with Gasteiger partial charge in [0, 0.05) is 18.2 Å². The molecule has 3 rings (SSSR count). The van der Waals surface area contributed by atoms with Crippen LogP contribution in [0.5, 0.6) is 0 Å². The van der Waals surface area contributed by atoms with Crippen molar-refractivity contribution in [3.05, 3.63) is 58.4 Å². The van der Waals surface area contributed by atoms with E-state index in [-0.39, 0.29) is 12.5 Å². The van der Waals surface area contributed by atoms with Gasteiger partial charge in [-0.1, -0.05) is 17.3 Å². The largest absolute Gasteiger partial charge is 0.326 e. The zero-order valence-electron chi connectivity index (χ0n) is 14.4. The Balaban J connectivity index is 2.08. The van der Waals surface area contributed by atoms with Gasteiger partial charge in [-0.3, -0.25) is 9.59 Å². The lowest BCUT2D eigenvalue weighted by Gasteiger charge is -2.03. The summed E-state index contributed by atoms with van der Waals surface area (Å²) in [5.74, 6) is 1.99. The van der Waals surface area contributed by atoms with Crippen LogP contribution in [0, 0.1) is 23.7 Å². The van der Waals surface area contributed by atoms with Gasteiger partial charge in [0.25, 0.3) is 5.91 Å². The average molecular weight is 374 g/mol. The maximum atomic E-state index is 12.5. The number of terminal acetylenes is 1. The molecule has 1 N–H and O–H groups in total. The summed E-state index contributed by atoms with van der Waals surface area (Å²) in [5, 5.41) is 11.6. The minimum absolute atomic E-state index is 0.164. The molecule has 132 valence electrons. The van der Waals surface area contributed by atoms with Crippen LogP contribution in [-0.2, 0) is 11.3 Å². The van der Waals surface area contributed by atoms with E-state index in [1.54, 1.807) is 34.9 Å². The number of hydrogen-bond donors (Lipinski definition) is 1. The predicted molar refractivity (Wildman–Crippen MR) is 104 cm³/mol. The molecule has 0 spiro atoms. The molecule has 0 saturated carbocycles. The Bertz CT molecular complexity index is 1190. The fourth-order valence-corrected chi connectivity index (χ4v) is 3.59. The number of nitriles is 1. The molecule has 2 amide bonds. The standard InChI is InChI=1S/C20H14N4O2S/c1-3-10-24-17-9-8-16(22-13(2)25)11-18(17)27-20(24)23-19(26)15-6-4-14(12-21)5-7-15/h1,4-9,11H,10H2,2H3,(H,22,25). The second-order valence-electron chi connectivity index (χ2n) is 5.64. The molecule has 0 aliphatic carbocycles. The lowest BCUT2D eigenvalue weighted by Crippen LogP contribution is -2.16. The van der Waals surface area contributed by atoms with E-state index < -0.39 is 5.91 Å². The topological polar surface area (TPSA) is 87.2 Å². The first-order valence-corrected chi connectivity index (χ1v) is 8.77. The molecule has 3 aromatic rings. The first-order chi connectivity index (χ1) is 13.0. The van der Waals surface area contributed by atoms with Crippen LogP contribution in [0.1, 0.15) is 22.8 Å². The number of amides is 2. The van der Waals surface area contributed by atoms with Gasteiger partial charge in [0.15, 0.2) is 4.80 Å². The zero-order valence-corrected chi connectivity index (χ0v) is 15.2. The van der Waals surface area contributed by atoms with Gasteiger partial charge in [0.1, 0.15) is 0 Å². The lowest BCUT2D eigenvalue weighted by molar-refractivity contribution is -0.114. The molecule has 0 unspecified atom stereocenters. The van der Waals surface area contributed by atoms with Gasteiger partial charge >= 0.3 is 0 Å². The SMILES string of the molecule is C#CCn1c(=NC(=O)c2ccc(C#N)cc2)sc2cc(NC(C)=O)ccc21. The van der Waals surface area contributed by atoms with Gasteiger partial charge < -0.3 is 9.88 Å². The van der Waals surface area contributed by atoms with Gasteiger partial charge in [-0.2, -0.15) is 10.3 Å². The molecule has 0 aliphatic heterocycles.